The van der Waals surface area contributed by atoms with Crippen LogP contribution >= 0.6 is 23.4 Å². The van der Waals surface area contributed by atoms with Gasteiger partial charge >= 0.3 is 0 Å². The van der Waals surface area contributed by atoms with Crippen LogP contribution in [-0.2, 0) is 16.4 Å². The molecule has 1 N–H and O–H groups in total. The van der Waals surface area contributed by atoms with Gasteiger partial charge in [-0.1, -0.05) is 31.5 Å². The van der Waals surface area contributed by atoms with E-state index in [9.17, 15) is 8.42 Å². The number of hydrogen-bond donors (Lipinski definition) is 1. The summed E-state index contributed by atoms with van der Waals surface area (Å²) in [5.74, 6) is 0.741. The van der Waals surface area contributed by atoms with Gasteiger partial charge in [-0.25, -0.2) is 8.42 Å². The third-order valence-electron chi connectivity index (χ3n) is 2.45. The van der Waals surface area contributed by atoms with Crippen molar-refractivity contribution in [3.05, 3.63) is 28.8 Å². The monoisotopic (exact) mass is 321 g/mol. The first-order valence-electron chi connectivity index (χ1n) is 6.10. The van der Waals surface area contributed by atoms with Gasteiger partial charge in [-0.05, 0) is 17.7 Å². The summed E-state index contributed by atoms with van der Waals surface area (Å²) in [7, 11) is -2.89. The SMILES string of the molecule is CC(C)NCc1ccc(SCCS(C)(=O)=O)cc1Cl. The lowest BCUT2D eigenvalue weighted by Crippen LogP contribution is -2.21. The summed E-state index contributed by atoms with van der Waals surface area (Å²) in [6.45, 7) is 4.91. The maximum absolute atomic E-state index is 11.0. The van der Waals surface area contributed by atoms with Crippen molar-refractivity contribution in [3.63, 3.8) is 0 Å². The van der Waals surface area contributed by atoms with E-state index in [0.29, 0.717) is 11.8 Å². The molecule has 19 heavy (non-hydrogen) atoms. The van der Waals surface area contributed by atoms with Gasteiger partial charge in [0.1, 0.15) is 9.84 Å². The first-order valence-corrected chi connectivity index (χ1v) is 9.52. The van der Waals surface area contributed by atoms with Crippen molar-refractivity contribution in [1.82, 2.24) is 5.32 Å². The fourth-order valence-corrected chi connectivity index (χ4v) is 3.84. The van der Waals surface area contributed by atoms with Crippen LogP contribution in [0.25, 0.3) is 0 Å². The van der Waals surface area contributed by atoms with Crippen molar-refractivity contribution < 1.29 is 8.42 Å². The van der Waals surface area contributed by atoms with E-state index in [2.05, 4.69) is 19.2 Å². The van der Waals surface area contributed by atoms with Crippen LogP contribution < -0.4 is 5.32 Å². The summed E-state index contributed by atoms with van der Waals surface area (Å²) in [5, 5.41) is 4.03. The lowest BCUT2D eigenvalue weighted by Gasteiger charge is -2.10. The number of nitrogens with one attached hydrogen (secondary N) is 1. The Morgan fingerprint density at radius 1 is 1.37 bits per heavy atom. The highest BCUT2D eigenvalue weighted by Crippen LogP contribution is 2.25. The quantitative estimate of drug-likeness (QED) is 0.784. The zero-order valence-electron chi connectivity index (χ0n) is 11.4. The molecule has 0 atom stereocenters. The smallest absolute Gasteiger partial charge is 0.148 e. The third kappa shape index (κ3) is 7.20. The fourth-order valence-electron chi connectivity index (χ4n) is 1.39. The lowest BCUT2D eigenvalue weighted by molar-refractivity contribution is 0.589. The second-order valence-corrected chi connectivity index (χ2v) is 8.60. The molecule has 0 aliphatic rings. The zero-order valence-corrected chi connectivity index (χ0v) is 13.8. The molecule has 0 spiro atoms. The Hall–Kier alpha value is -0.230. The number of halogens is 1. The summed E-state index contributed by atoms with van der Waals surface area (Å²) in [5.41, 5.74) is 1.06. The molecule has 6 heteroatoms. The molecule has 0 radical (unpaired) electrons. The third-order valence-corrected chi connectivity index (χ3v) is 5.00. The van der Waals surface area contributed by atoms with E-state index >= 15 is 0 Å². The van der Waals surface area contributed by atoms with Crippen molar-refractivity contribution in [2.45, 2.75) is 31.3 Å². The maximum atomic E-state index is 11.0. The van der Waals surface area contributed by atoms with Crippen LogP contribution in [0.5, 0.6) is 0 Å². The Morgan fingerprint density at radius 3 is 2.58 bits per heavy atom. The van der Waals surface area contributed by atoms with E-state index < -0.39 is 9.84 Å². The number of sulfone groups is 1. The van der Waals surface area contributed by atoms with Gasteiger partial charge in [-0.3, -0.25) is 0 Å². The first-order chi connectivity index (χ1) is 8.78. The average molecular weight is 322 g/mol. The molecule has 3 nitrogen and oxygen atoms in total. The molecule has 0 amide bonds. The minimum absolute atomic E-state index is 0.186. The van der Waals surface area contributed by atoms with Gasteiger partial charge in [0.05, 0.1) is 5.75 Å². The Morgan fingerprint density at radius 2 is 2.05 bits per heavy atom. The Kier molecular flexibility index (Phi) is 6.66. The molecule has 1 aromatic carbocycles. The summed E-state index contributed by atoms with van der Waals surface area (Å²) in [4.78, 5) is 1.00. The molecule has 0 saturated heterocycles. The van der Waals surface area contributed by atoms with Crippen LogP contribution in [0.15, 0.2) is 23.1 Å². The van der Waals surface area contributed by atoms with Crippen molar-refractivity contribution >= 4 is 33.2 Å². The topological polar surface area (TPSA) is 46.2 Å². The minimum atomic E-state index is -2.89. The Bertz CT molecular complexity index is 515. The molecular formula is C13H20ClNO2S2. The van der Waals surface area contributed by atoms with Gasteiger partial charge in [0, 0.05) is 34.5 Å². The molecule has 0 bridgehead atoms. The Labute approximate surface area is 125 Å². The van der Waals surface area contributed by atoms with E-state index in [1.165, 1.54) is 18.0 Å². The Balaban J connectivity index is 2.56. The summed E-state index contributed by atoms with van der Waals surface area (Å²) in [6.07, 6.45) is 1.25. The molecule has 0 unspecified atom stereocenters. The van der Waals surface area contributed by atoms with E-state index in [-0.39, 0.29) is 5.75 Å². The van der Waals surface area contributed by atoms with Crippen LogP contribution in [0.2, 0.25) is 5.02 Å². The largest absolute Gasteiger partial charge is 0.310 e. The summed E-state index contributed by atoms with van der Waals surface area (Å²) in [6, 6.07) is 6.28. The van der Waals surface area contributed by atoms with Gasteiger partial charge in [-0.2, -0.15) is 0 Å². The molecule has 108 valence electrons. The molecule has 0 fully saturated rings. The zero-order chi connectivity index (χ0) is 14.5. The predicted molar refractivity (Wildman–Crippen MR) is 83.9 cm³/mol. The normalized spacial score (nSPS) is 12.1. The molecule has 0 aromatic heterocycles. The second kappa shape index (κ2) is 7.53. The van der Waals surface area contributed by atoms with Crippen LogP contribution in [0, 0.1) is 0 Å². The van der Waals surface area contributed by atoms with Gasteiger partial charge in [0.2, 0.25) is 0 Å². The molecule has 1 aromatic rings. The van der Waals surface area contributed by atoms with Crippen LogP contribution in [-0.4, -0.2) is 32.2 Å². The number of thioether (sulfide) groups is 1. The molecule has 0 saturated carbocycles. The maximum Gasteiger partial charge on any atom is 0.148 e. The highest BCUT2D eigenvalue weighted by Gasteiger charge is 2.05. The van der Waals surface area contributed by atoms with Crippen molar-refractivity contribution in [3.8, 4) is 0 Å². The van der Waals surface area contributed by atoms with Crippen LogP contribution in [0.1, 0.15) is 19.4 Å². The first kappa shape index (κ1) is 16.8. The lowest BCUT2D eigenvalue weighted by atomic mass is 10.2. The fraction of sp³-hybridized carbons (Fsp3) is 0.538. The number of rotatable bonds is 7. The van der Waals surface area contributed by atoms with Crippen molar-refractivity contribution in [1.29, 1.82) is 0 Å². The number of hydrogen-bond acceptors (Lipinski definition) is 4. The van der Waals surface area contributed by atoms with Crippen LogP contribution in [0.3, 0.4) is 0 Å². The summed E-state index contributed by atoms with van der Waals surface area (Å²) < 4.78 is 22.1. The van der Waals surface area contributed by atoms with Gasteiger partial charge in [0.25, 0.3) is 0 Å². The minimum Gasteiger partial charge on any atom is -0.310 e. The predicted octanol–water partition coefficient (Wildman–Crippen LogP) is 2.97. The molecule has 0 aliphatic heterocycles. The van der Waals surface area contributed by atoms with E-state index in [1.54, 1.807) is 0 Å². The van der Waals surface area contributed by atoms with Gasteiger partial charge < -0.3 is 5.32 Å². The highest BCUT2D eigenvalue weighted by molar-refractivity contribution is 8.00. The molecular weight excluding hydrogens is 302 g/mol. The average Bonchev–Trinajstić information content (AvgIpc) is 2.26. The van der Waals surface area contributed by atoms with E-state index in [0.717, 1.165) is 22.0 Å². The second-order valence-electron chi connectivity index (χ2n) is 4.77. The molecule has 0 heterocycles. The van der Waals surface area contributed by atoms with Gasteiger partial charge in [0.15, 0.2) is 0 Å². The number of benzene rings is 1. The van der Waals surface area contributed by atoms with Crippen LogP contribution in [0.4, 0.5) is 0 Å². The van der Waals surface area contributed by atoms with E-state index in [4.69, 9.17) is 11.6 Å². The van der Waals surface area contributed by atoms with Crippen molar-refractivity contribution in [2.24, 2.45) is 0 Å². The highest BCUT2D eigenvalue weighted by atomic mass is 35.5. The summed E-state index contributed by atoms with van der Waals surface area (Å²) >= 11 is 7.72. The standard InChI is InChI=1S/C13H20ClNO2S2/c1-10(2)15-9-11-4-5-12(8-13(11)14)18-6-7-19(3,16)17/h4-5,8,10,15H,6-7,9H2,1-3H3. The molecule has 1 rings (SSSR count). The van der Waals surface area contributed by atoms with Gasteiger partial charge in [-0.15, -0.1) is 11.8 Å². The van der Waals surface area contributed by atoms with Crippen molar-refractivity contribution in [2.75, 3.05) is 17.8 Å². The molecule has 0 aliphatic carbocycles. The van der Waals surface area contributed by atoms with E-state index in [1.807, 2.05) is 18.2 Å².